The number of nitrogens with zero attached hydrogens (tertiary/aromatic N) is 4. The number of benzene rings is 1. The second kappa shape index (κ2) is 8.74. The van der Waals surface area contributed by atoms with Crippen LogP contribution in [0.3, 0.4) is 0 Å². The predicted octanol–water partition coefficient (Wildman–Crippen LogP) is 3.04. The molecule has 1 N–H and O–H groups in total. The molecule has 0 radical (unpaired) electrons. The number of hydrogen-bond acceptors (Lipinski definition) is 4. The van der Waals surface area contributed by atoms with Crippen molar-refractivity contribution < 1.29 is 13.2 Å². The number of aromatic nitrogens is 4. The van der Waals surface area contributed by atoms with Gasteiger partial charge in [-0.2, -0.15) is 13.2 Å². The molecule has 0 amide bonds. The Morgan fingerprint density at radius 2 is 1.91 bits per heavy atom. The van der Waals surface area contributed by atoms with Crippen LogP contribution in [0.2, 0.25) is 0 Å². The summed E-state index contributed by atoms with van der Waals surface area (Å²) in [6.45, 7) is 2.94. The third-order valence-electron chi connectivity index (χ3n) is 6.98. The SMILES string of the molecule is Cl.Cn1cncc1-c1cn(CCCN2C[C@@H]3C[C@]3(c3ccc(C(F)(F)F)cc3)C2)c(=O)[nH]c1=O. The molecule has 0 bridgehead atoms. The van der Waals surface area contributed by atoms with Gasteiger partial charge in [-0.1, -0.05) is 12.1 Å². The summed E-state index contributed by atoms with van der Waals surface area (Å²) in [5, 5.41) is 0. The Morgan fingerprint density at radius 1 is 1.18 bits per heavy atom. The van der Waals surface area contributed by atoms with Crippen molar-refractivity contribution in [2.24, 2.45) is 13.0 Å². The summed E-state index contributed by atoms with van der Waals surface area (Å²) in [5.41, 5.74) is 0.425. The zero-order valence-electron chi connectivity index (χ0n) is 18.5. The van der Waals surface area contributed by atoms with Crippen LogP contribution in [0.15, 0.2) is 52.6 Å². The van der Waals surface area contributed by atoms with Gasteiger partial charge in [-0.15, -0.1) is 12.4 Å². The van der Waals surface area contributed by atoms with Gasteiger partial charge in [0.05, 0.1) is 29.3 Å². The molecule has 0 spiro atoms. The number of likely N-dealkylation sites (tertiary alicyclic amines) is 1. The van der Waals surface area contributed by atoms with Gasteiger partial charge >= 0.3 is 11.9 Å². The molecular weight excluding hydrogens is 471 g/mol. The second-order valence-electron chi connectivity index (χ2n) is 9.11. The molecule has 1 aliphatic heterocycles. The van der Waals surface area contributed by atoms with E-state index < -0.39 is 23.0 Å². The summed E-state index contributed by atoms with van der Waals surface area (Å²) in [6.07, 6.45) is 2.14. The van der Waals surface area contributed by atoms with Crippen molar-refractivity contribution in [3.05, 3.63) is 75.0 Å². The van der Waals surface area contributed by atoms with Crippen molar-refractivity contribution in [3.8, 4) is 11.3 Å². The van der Waals surface area contributed by atoms with Gasteiger partial charge in [-0.3, -0.25) is 14.3 Å². The van der Waals surface area contributed by atoms with Crippen molar-refractivity contribution in [3.63, 3.8) is 0 Å². The summed E-state index contributed by atoms with van der Waals surface area (Å²) in [4.78, 5) is 33.2. The zero-order valence-corrected chi connectivity index (χ0v) is 19.3. The van der Waals surface area contributed by atoms with Crippen LogP contribution in [0.1, 0.15) is 24.0 Å². The van der Waals surface area contributed by atoms with Crippen LogP contribution in [0.5, 0.6) is 0 Å². The molecule has 2 fully saturated rings. The first-order valence-electron chi connectivity index (χ1n) is 10.9. The molecule has 1 aromatic carbocycles. The minimum atomic E-state index is -4.32. The fourth-order valence-corrected chi connectivity index (χ4v) is 5.13. The summed E-state index contributed by atoms with van der Waals surface area (Å²) < 4.78 is 41.8. The molecule has 3 heterocycles. The lowest BCUT2D eigenvalue weighted by atomic mass is 9.94. The highest BCUT2D eigenvalue weighted by Gasteiger charge is 2.60. The van der Waals surface area contributed by atoms with Crippen molar-refractivity contribution >= 4 is 12.4 Å². The highest BCUT2D eigenvalue weighted by molar-refractivity contribution is 5.85. The van der Waals surface area contributed by atoms with E-state index in [1.54, 1.807) is 42.5 Å². The number of rotatable bonds is 6. The normalized spacial score (nSPS) is 21.8. The first-order valence-corrected chi connectivity index (χ1v) is 10.9. The molecule has 1 aliphatic carbocycles. The van der Waals surface area contributed by atoms with Crippen LogP contribution in [-0.2, 0) is 25.2 Å². The summed E-state index contributed by atoms with van der Waals surface area (Å²) in [6, 6.07) is 5.58. The van der Waals surface area contributed by atoms with Crippen LogP contribution in [0.4, 0.5) is 13.2 Å². The van der Waals surface area contributed by atoms with Crippen molar-refractivity contribution in [2.45, 2.75) is 31.0 Å². The molecule has 2 atom stereocenters. The van der Waals surface area contributed by atoms with E-state index in [1.165, 1.54) is 16.7 Å². The smallest absolute Gasteiger partial charge is 0.334 e. The third kappa shape index (κ3) is 4.32. The Labute approximate surface area is 199 Å². The lowest BCUT2D eigenvalue weighted by molar-refractivity contribution is -0.137. The number of fused-ring (bicyclic) bond motifs is 1. The van der Waals surface area contributed by atoms with Crippen LogP contribution in [0, 0.1) is 5.92 Å². The minimum absolute atomic E-state index is 0. The van der Waals surface area contributed by atoms with E-state index in [-0.39, 0.29) is 17.8 Å². The van der Waals surface area contributed by atoms with Gasteiger partial charge in [-0.25, -0.2) is 9.78 Å². The number of piperidine rings is 1. The number of aryl methyl sites for hydroxylation is 2. The summed E-state index contributed by atoms with van der Waals surface area (Å²) in [7, 11) is 1.78. The zero-order chi connectivity index (χ0) is 23.4. The number of aromatic amines is 1. The molecule has 2 aliphatic rings. The molecule has 1 saturated heterocycles. The summed E-state index contributed by atoms with van der Waals surface area (Å²) in [5.74, 6) is 0.460. The average molecular weight is 496 g/mol. The second-order valence-corrected chi connectivity index (χ2v) is 9.11. The van der Waals surface area contributed by atoms with Gasteiger partial charge in [0.25, 0.3) is 5.56 Å². The summed E-state index contributed by atoms with van der Waals surface area (Å²) >= 11 is 0. The fraction of sp³-hybridized carbons (Fsp3) is 0.435. The maximum Gasteiger partial charge on any atom is 0.416 e. The molecule has 34 heavy (non-hydrogen) atoms. The molecule has 2 aromatic heterocycles. The van der Waals surface area contributed by atoms with E-state index in [4.69, 9.17) is 0 Å². The lowest BCUT2D eigenvalue weighted by Crippen LogP contribution is -2.32. The van der Waals surface area contributed by atoms with E-state index in [0.29, 0.717) is 30.1 Å². The third-order valence-corrected chi connectivity index (χ3v) is 6.98. The molecule has 7 nitrogen and oxygen atoms in total. The number of alkyl halides is 3. The van der Waals surface area contributed by atoms with E-state index in [0.717, 1.165) is 31.6 Å². The molecule has 11 heteroatoms. The van der Waals surface area contributed by atoms with E-state index in [9.17, 15) is 22.8 Å². The minimum Gasteiger partial charge on any atom is -0.334 e. The van der Waals surface area contributed by atoms with Gasteiger partial charge in [0, 0.05) is 38.3 Å². The molecule has 0 unspecified atom stereocenters. The van der Waals surface area contributed by atoms with Crippen LogP contribution < -0.4 is 11.2 Å². The van der Waals surface area contributed by atoms with Crippen LogP contribution in [-0.4, -0.2) is 43.6 Å². The number of H-pyrrole nitrogens is 1. The average Bonchev–Trinajstić information content (AvgIpc) is 3.09. The Balaban J connectivity index is 0.00000274. The number of halogens is 4. The number of hydrogen-bond donors (Lipinski definition) is 1. The number of imidazole rings is 1. The standard InChI is InChI=1S/C23H24F3N5O2.ClH/c1-29-14-27-10-19(29)18-12-31(21(33)28-20(18)32)8-2-7-30-11-17-9-22(17,13-30)15-3-5-16(6-4-15)23(24,25)26;/h3-6,10,12,14,17H,2,7-9,11,13H2,1H3,(H,28,32,33);1H/t17-,22+;/m0./s1. The first-order chi connectivity index (χ1) is 15.7. The fourth-order valence-electron chi connectivity index (χ4n) is 5.13. The molecule has 182 valence electrons. The van der Waals surface area contributed by atoms with Crippen LogP contribution in [0.25, 0.3) is 11.3 Å². The van der Waals surface area contributed by atoms with E-state index >= 15 is 0 Å². The van der Waals surface area contributed by atoms with Gasteiger partial charge in [0.15, 0.2) is 0 Å². The topological polar surface area (TPSA) is 75.9 Å². The Hall–Kier alpha value is -2.85. The highest BCUT2D eigenvalue weighted by Crippen LogP contribution is 2.59. The number of nitrogens with one attached hydrogen (secondary N) is 1. The van der Waals surface area contributed by atoms with Gasteiger partial charge in [-0.05, 0) is 43.0 Å². The Kier molecular flexibility index (Phi) is 6.24. The van der Waals surface area contributed by atoms with Crippen LogP contribution >= 0.6 is 12.4 Å². The van der Waals surface area contributed by atoms with Gasteiger partial charge in [0.1, 0.15) is 0 Å². The van der Waals surface area contributed by atoms with Crippen molar-refractivity contribution in [2.75, 3.05) is 19.6 Å². The van der Waals surface area contributed by atoms with E-state index in [2.05, 4.69) is 14.9 Å². The maximum absolute atomic E-state index is 12.9. The molecule has 5 rings (SSSR count). The van der Waals surface area contributed by atoms with Crippen molar-refractivity contribution in [1.82, 2.24) is 24.0 Å². The monoisotopic (exact) mass is 495 g/mol. The first kappa shape index (κ1) is 24.3. The maximum atomic E-state index is 12.9. The van der Waals surface area contributed by atoms with Gasteiger partial charge < -0.3 is 9.47 Å². The van der Waals surface area contributed by atoms with Gasteiger partial charge in [0.2, 0.25) is 0 Å². The predicted molar refractivity (Wildman–Crippen MR) is 123 cm³/mol. The molecule has 1 saturated carbocycles. The largest absolute Gasteiger partial charge is 0.416 e. The molecule has 3 aromatic rings. The lowest BCUT2D eigenvalue weighted by Gasteiger charge is -2.21. The molecular formula is C23H25ClF3N5O2. The Morgan fingerprint density at radius 3 is 2.56 bits per heavy atom. The van der Waals surface area contributed by atoms with E-state index in [1.807, 2.05) is 0 Å². The van der Waals surface area contributed by atoms with Crippen molar-refractivity contribution in [1.29, 1.82) is 0 Å². The quantitative estimate of drug-likeness (QED) is 0.570. The Bertz CT molecular complexity index is 1300. The highest BCUT2D eigenvalue weighted by atomic mass is 35.5.